The number of amides is 1. The summed E-state index contributed by atoms with van der Waals surface area (Å²) < 4.78 is 19.1. The first-order chi connectivity index (χ1) is 15.2. The lowest BCUT2D eigenvalue weighted by Gasteiger charge is -2.23. The highest BCUT2D eigenvalue weighted by molar-refractivity contribution is 5.94. The number of hydrogen-bond acceptors (Lipinski definition) is 4. The minimum atomic E-state index is -0.294. The first kappa shape index (κ1) is 19.7. The topological polar surface area (TPSA) is 54.5 Å². The largest absolute Gasteiger partial charge is 0.492 e. The number of halogens is 1. The van der Waals surface area contributed by atoms with Gasteiger partial charge >= 0.3 is 0 Å². The molecule has 1 aromatic heterocycles. The average molecular weight is 417 g/mol. The number of rotatable bonds is 6. The third-order valence-corrected chi connectivity index (χ3v) is 6.30. The van der Waals surface area contributed by atoms with E-state index in [1.54, 1.807) is 36.7 Å². The molecule has 1 aliphatic carbocycles. The molecule has 2 heterocycles. The summed E-state index contributed by atoms with van der Waals surface area (Å²) >= 11 is 0. The van der Waals surface area contributed by atoms with Crippen LogP contribution in [0, 0.1) is 11.7 Å². The third kappa shape index (κ3) is 4.03. The molecule has 0 bridgehead atoms. The zero-order chi connectivity index (χ0) is 21.2. The number of nitrogens with one attached hydrogen (secondary N) is 1. The fraction of sp³-hybridized carbons (Fsp3) is 0.280. The van der Waals surface area contributed by atoms with E-state index >= 15 is 0 Å². The summed E-state index contributed by atoms with van der Waals surface area (Å²) in [6.07, 6.45) is 3.27. The quantitative estimate of drug-likeness (QED) is 0.663. The Hall–Kier alpha value is -3.25. The number of hydrogen-bond donors (Lipinski definition) is 1. The molecule has 3 aromatic rings. The first-order valence-electron chi connectivity index (χ1n) is 10.6. The maximum atomic E-state index is 13.3. The van der Waals surface area contributed by atoms with Crippen LogP contribution in [0.5, 0.6) is 5.75 Å². The Morgan fingerprint density at radius 1 is 1.06 bits per heavy atom. The zero-order valence-electron chi connectivity index (χ0n) is 17.1. The van der Waals surface area contributed by atoms with E-state index in [0.717, 1.165) is 19.6 Å². The summed E-state index contributed by atoms with van der Waals surface area (Å²) in [6.45, 7) is 3.07. The van der Waals surface area contributed by atoms with Crippen LogP contribution in [-0.4, -0.2) is 42.0 Å². The van der Waals surface area contributed by atoms with E-state index in [1.165, 1.54) is 23.3 Å². The molecule has 158 valence electrons. The van der Waals surface area contributed by atoms with Gasteiger partial charge in [0.05, 0.1) is 6.04 Å². The van der Waals surface area contributed by atoms with Crippen molar-refractivity contribution < 1.29 is 13.9 Å². The summed E-state index contributed by atoms with van der Waals surface area (Å²) in [5, 5.41) is 3.27. The molecule has 31 heavy (non-hydrogen) atoms. The highest BCUT2D eigenvalue weighted by atomic mass is 19.1. The molecule has 5 rings (SSSR count). The predicted molar refractivity (Wildman–Crippen MR) is 115 cm³/mol. The Kier molecular flexibility index (Phi) is 5.38. The molecule has 5 nitrogen and oxygen atoms in total. The molecule has 2 aliphatic rings. The van der Waals surface area contributed by atoms with Crippen LogP contribution in [0.4, 0.5) is 4.39 Å². The number of fused-ring (bicyclic) bond motifs is 3. The van der Waals surface area contributed by atoms with Crippen LogP contribution in [0.2, 0.25) is 0 Å². The van der Waals surface area contributed by atoms with Crippen LogP contribution < -0.4 is 10.1 Å². The van der Waals surface area contributed by atoms with Gasteiger partial charge in [0, 0.05) is 55.5 Å². The van der Waals surface area contributed by atoms with Crippen LogP contribution >= 0.6 is 0 Å². The van der Waals surface area contributed by atoms with Gasteiger partial charge in [0.2, 0.25) is 0 Å². The number of benzene rings is 2. The van der Waals surface area contributed by atoms with E-state index < -0.39 is 0 Å². The lowest BCUT2D eigenvalue weighted by molar-refractivity contribution is 0.0923. The molecule has 6 heteroatoms. The summed E-state index contributed by atoms with van der Waals surface area (Å²) in [6, 6.07) is 18.1. The highest BCUT2D eigenvalue weighted by Crippen LogP contribution is 2.49. The van der Waals surface area contributed by atoms with E-state index in [1.807, 2.05) is 6.07 Å². The van der Waals surface area contributed by atoms with E-state index in [2.05, 4.69) is 33.4 Å². The minimum Gasteiger partial charge on any atom is -0.492 e. The van der Waals surface area contributed by atoms with E-state index in [9.17, 15) is 9.18 Å². The minimum absolute atomic E-state index is 0.0176. The molecule has 3 atom stereocenters. The predicted octanol–water partition coefficient (Wildman–Crippen LogP) is 3.80. The van der Waals surface area contributed by atoms with Crippen molar-refractivity contribution in [2.24, 2.45) is 5.92 Å². The lowest BCUT2D eigenvalue weighted by Crippen LogP contribution is -2.34. The summed E-state index contributed by atoms with van der Waals surface area (Å²) in [5.74, 6) is 0.881. The molecular formula is C25H24FN3O2. The molecule has 0 spiro atoms. The average Bonchev–Trinajstić information content (AvgIpc) is 3.33. The fourth-order valence-corrected chi connectivity index (χ4v) is 4.89. The van der Waals surface area contributed by atoms with Crippen LogP contribution in [0.3, 0.4) is 0 Å². The third-order valence-electron chi connectivity index (χ3n) is 6.30. The van der Waals surface area contributed by atoms with Crippen molar-refractivity contribution in [3.8, 4) is 5.75 Å². The molecule has 1 N–H and O–H groups in total. The van der Waals surface area contributed by atoms with Gasteiger partial charge in [0.25, 0.3) is 5.91 Å². The van der Waals surface area contributed by atoms with E-state index in [-0.39, 0.29) is 17.8 Å². The van der Waals surface area contributed by atoms with Crippen molar-refractivity contribution in [1.29, 1.82) is 0 Å². The van der Waals surface area contributed by atoms with Crippen LogP contribution in [0.1, 0.15) is 33.4 Å². The van der Waals surface area contributed by atoms with Gasteiger partial charge in [0.15, 0.2) is 0 Å². The van der Waals surface area contributed by atoms with Gasteiger partial charge in [-0.1, -0.05) is 30.3 Å². The van der Waals surface area contributed by atoms with Crippen LogP contribution in [0.25, 0.3) is 0 Å². The van der Waals surface area contributed by atoms with Crippen molar-refractivity contribution >= 4 is 5.91 Å². The van der Waals surface area contributed by atoms with Gasteiger partial charge in [-0.05, 0) is 35.4 Å². The molecule has 1 amide bonds. The smallest absolute Gasteiger partial charge is 0.251 e. The van der Waals surface area contributed by atoms with Gasteiger partial charge in [-0.2, -0.15) is 0 Å². The second kappa shape index (κ2) is 8.47. The zero-order valence-corrected chi connectivity index (χ0v) is 17.1. The Morgan fingerprint density at radius 3 is 2.68 bits per heavy atom. The van der Waals surface area contributed by atoms with Crippen LogP contribution in [0.15, 0.2) is 73.1 Å². The second-order valence-electron chi connectivity index (χ2n) is 8.15. The van der Waals surface area contributed by atoms with Gasteiger partial charge in [-0.3, -0.25) is 14.7 Å². The number of ether oxygens (including phenoxy) is 1. The summed E-state index contributed by atoms with van der Waals surface area (Å²) in [5.41, 5.74) is 3.16. The van der Waals surface area contributed by atoms with Crippen LogP contribution in [-0.2, 0) is 0 Å². The SMILES string of the molecule is O=C(N[C@@H]1c2ccccc2[C@@H]2CN(CCOc3cccc(F)c3)C[C@H]12)c1ccncc1. The molecule has 0 radical (unpaired) electrons. The number of carbonyl (C=O) groups is 1. The Balaban J connectivity index is 1.27. The van der Waals surface area contributed by atoms with Gasteiger partial charge in [0.1, 0.15) is 18.2 Å². The van der Waals surface area contributed by atoms with E-state index in [0.29, 0.717) is 29.8 Å². The molecule has 1 fully saturated rings. The molecule has 0 saturated carbocycles. The Labute approximate surface area is 180 Å². The van der Waals surface area contributed by atoms with Gasteiger partial charge < -0.3 is 10.1 Å². The maximum absolute atomic E-state index is 13.3. The molecule has 2 aromatic carbocycles. The second-order valence-corrected chi connectivity index (χ2v) is 8.15. The number of nitrogens with zero attached hydrogens (tertiary/aromatic N) is 2. The monoisotopic (exact) mass is 417 g/mol. The normalized spacial score (nSPS) is 22.0. The van der Waals surface area contributed by atoms with Crippen molar-refractivity contribution in [3.63, 3.8) is 0 Å². The molecule has 1 aliphatic heterocycles. The number of likely N-dealkylation sites (tertiary alicyclic amines) is 1. The number of aromatic nitrogens is 1. The van der Waals surface area contributed by atoms with Gasteiger partial charge in [-0.15, -0.1) is 0 Å². The van der Waals surface area contributed by atoms with E-state index in [4.69, 9.17) is 4.74 Å². The highest BCUT2D eigenvalue weighted by Gasteiger charge is 2.46. The van der Waals surface area contributed by atoms with Crippen molar-refractivity contribution in [1.82, 2.24) is 15.2 Å². The van der Waals surface area contributed by atoms with Crippen molar-refractivity contribution in [3.05, 3.63) is 95.6 Å². The molecule has 0 unspecified atom stereocenters. The van der Waals surface area contributed by atoms with Crippen molar-refractivity contribution in [2.75, 3.05) is 26.2 Å². The van der Waals surface area contributed by atoms with Crippen molar-refractivity contribution in [2.45, 2.75) is 12.0 Å². The Bertz CT molecular complexity index is 1080. The number of pyridine rings is 1. The first-order valence-corrected chi connectivity index (χ1v) is 10.6. The standard InChI is InChI=1S/C25H24FN3O2/c26-18-4-3-5-19(14-18)31-13-12-29-15-22-20-6-1-2-7-21(20)24(23(22)16-29)28-25(30)17-8-10-27-11-9-17/h1-11,14,22-24H,12-13,15-16H2,(H,28,30)/t22-,23-,24+/m0/s1. The molecular weight excluding hydrogens is 393 g/mol. The summed E-state index contributed by atoms with van der Waals surface area (Å²) in [7, 11) is 0. The fourth-order valence-electron chi connectivity index (χ4n) is 4.89. The Morgan fingerprint density at radius 2 is 1.87 bits per heavy atom. The van der Waals surface area contributed by atoms with Gasteiger partial charge in [-0.25, -0.2) is 4.39 Å². The lowest BCUT2D eigenvalue weighted by atomic mass is 9.94. The summed E-state index contributed by atoms with van der Waals surface area (Å²) in [4.78, 5) is 19.2. The maximum Gasteiger partial charge on any atom is 0.251 e. The molecule has 1 saturated heterocycles. The number of carbonyl (C=O) groups excluding carboxylic acids is 1.